The standard InChI is InChI=1S/C17H16F3N3O2.ClH/c18-17(19,20)15-6-3-12(9-22-15)16(24)23-13-4-1-11(2-5-13)14-10-21-7-8-25-14;/h1-6,9,14,21H,7-8,10H2,(H,23,24);1H/t14-;/m1./s1. The molecule has 1 aromatic carbocycles. The van der Waals surface area contributed by atoms with E-state index in [9.17, 15) is 18.0 Å². The summed E-state index contributed by atoms with van der Waals surface area (Å²) in [5.41, 5.74) is 0.546. The molecule has 9 heteroatoms. The summed E-state index contributed by atoms with van der Waals surface area (Å²) < 4.78 is 43.1. The van der Waals surface area contributed by atoms with Gasteiger partial charge < -0.3 is 15.4 Å². The number of nitrogens with zero attached hydrogens (tertiary/aromatic N) is 1. The Labute approximate surface area is 154 Å². The van der Waals surface area contributed by atoms with Crippen LogP contribution in [0.2, 0.25) is 0 Å². The molecule has 0 aliphatic carbocycles. The number of carbonyl (C=O) groups is 1. The molecule has 1 amide bonds. The van der Waals surface area contributed by atoms with E-state index < -0.39 is 17.8 Å². The Hall–Kier alpha value is -2.16. The monoisotopic (exact) mass is 387 g/mol. The van der Waals surface area contributed by atoms with Gasteiger partial charge >= 0.3 is 6.18 Å². The molecule has 26 heavy (non-hydrogen) atoms. The quantitative estimate of drug-likeness (QED) is 0.847. The van der Waals surface area contributed by atoms with Gasteiger partial charge in [-0.15, -0.1) is 12.4 Å². The molecule has 0 saturated carbocycles. The van der Waals surface area contributed by atoms with E-state index in [1.807, 2.05) is 12.1 Å². The largest absolute Gasteiger partial charge is 0.433 e. The number of amides is 1. The van der Waals surface area contributed by atoms with Gasteiger partial charge in [0.1, 0.15) is 5.69 Å². The van der Waals surface area contributed by atoms with Crippen molar-refractivity contribution in [2.75, 3.05) is 25.0 Å². The number of anilines is 1. The minimum Gasteiger partial charge on any atom is -0.371 e. The number of benzene rings is 1. The van der Waals surface area contributed by atoms with Crippen molar-refractivity contribution in [3.63, 3.8) is 0 Å². The topological polar surface area (TPSA) is 63.2 Å². The van der Waals surface area contributed by atoms with Gasteiger partial charge in [-0.25, -0.2) is 0 Å². The molecule has 1 aliphatic rings. The number of carbonyl (C=O) groups excluding carboxylic acids is 1. The number of pyridine rings is 1. The zero-order chi connectivity index (χ0) is 17.9. The highest BCUT2D eigenvalue weighted by Crippen LogP contribution is 2.27. The van der Waals surface area contributed by atoms with Crippen LogP contribution in [0.25, 0.3) is 0 Å². The van der Waals surface area contributed by atoms with Crippen LogP contribution in [0.4, 0.5) is 18.9 Å². The van der Waals surface area contributed by atoms with Crippen molar-refractivity contribution in [2.45, 2.75) is 12.3 Å². The fourth-order valence-corrected chi connectivity index (χ4v) is 2.46. The highest BCUT2D eigenvalue weighted by atomic mass is 35.5. The predicted molar refractivity (Wildman–Crippen MR) is 92.4 cm³/mol. The molecule has 2 heterocycles. The average molecular weight is 388 g/mol. The molecule has 1 fully saturated rings. The normalized spacial score (nSPS) is 17.3. The van der Waals surface area contributed by atoms with Gasteiger partial charge in [-0.1, -0.05) is 12.1 Å². The first-order valence-corrected chi connectivity index (χ1v) is 7.70. The third kappa shape index (κ3) is 4.94. The molecule has 1 aromatic heterocycles. The highest BCUT2D eigenvalue weighted by molar-refractivity contribution is 6.04. The van der Waals surface area contributed by atoms with Gasteiger partial charge in [-0.3, -0.25) is 9.78 Å². The van der Waals surface area contributed by atoms with Crippen LogP contribution in [-0.4, -0.2) is 30.6 Å². The van der Waals surface area contributed by atoms with Gasteiger partial charge in [0.2, 0.25) is 0 Å². The molecule has 0 unspecified atom stereocenters. The Balaban J connectivity index is 0.00000243. The number of nitrogens with one attached hydrogen (secondary N) is 2. The summed E-state index contributed by atoms with van der Waals surface area (Å²) in [6.45, 7) is 2.19. The Morgan fingerprint density at radius 2 is 1.92 bits per heavy atom. The lowest BCUT2D eigenvalue weighted by Crippen LogP contribution is -2.33. The van der Waals surface area contributed by atoms with E-state index in [0.717, 1.165) is 37.0 Å². The number of alkyl halides is 3. The first-order valence-electron chi connectivity index (χ1n) is 7.70. The predicted octanol–water partition coefficient (Wildman–Crippen LogP) is 3.44. The molecule has 0 spiro atoms. The molecule has 0 bridgehead atoms. The average Bonchev–Trinajstić information content (AvgIpc) is 2.62. The SMILES string of the molecule is Cl.O=C(Nc1ccc([C@H]2CNCCO2)cc1)c1ccc(C(F)(F)F)nc1. The van der Waals surface area contributed by atoms with Crippen LogP contribution in [0.15, 0.2) is 42.6 Å². The number of morpholine rings is 1. The maximum absolute atomic E-state index is 12.5. The molecule has 2 aromatic rings. The number of halogens is 4. The number of ether oxygens (including phenoxy) is 1. The van der Waals surface area contributed by atoms with Gasteiger partial charge in [-0.05, 0) is 29.8 Å². The molecule has 0 radical (unpaired) electrons. The van der Waals surface area contributed by atoms with Crippen molar-refractivity contribution in [1.82, 2.24) is 10.3 Å². The lowest BCUT2D eigenvalue weighted by Gasteiger charge is -2.24. The fourth-order valence-electron chi connectivity index (χ4n) is 2.46. The van der Waals surface area contributed by atoms with E-state index in [0.29, 0.717) is 12.3 Å². The zero-order valence-corrected chi connectivity index (χ0v) is 14.4. The van der Waals surface area contributed by atoms with E-state index in [4.69, 9.17) is 4.74 Å². The van der Waals surface area contributed by atoms with E-state index in [2.05, 4.69) is 15.6 Å². The summed E-state index contributed by atoms with van der Waals surface area (Å²) in [5.74, 6) is -0.524. The first kappa shape index (κ1) is 20.2. The molecular weight excluding hydrogens is 371 g/mol. The van der Waals surface area contributed by atoms with Crippen LogP contribution >= 0.6 is 12.4 Å². The molecule has 1 atom stereocenters. The van der Waals surface area contributed by atoms with Crippen LogP contribution < -0.4 is 10.6 Å². The van der Waals surface area contributed by atoms with Crippen LogP contribution in [0.3, 0.4) is 0 Å². The fraction of sp³-hybridized carbons (Fsp3) is 0.294. The summed E-state index contributed by atoms with van der Waals surface area (Å²) in [5, 5.41) is 5.86. The smallest absolute Gasteiger partial charge is 0.371 e. The van der Waals surface area contributed by atoms with Crippen LogP contribution in [0, 0.1) is 0 Å². The van der Waals surface area contributed by atoms with Crippen LogP contribution in [0.1, 0.15) is 27.7 Å². The van der Waals surface area contributed by atoms with Gasteiger partial charge in [0.15, 0.2) is 0 Å². The van der Waals surface area contributed by atoms with E-state index >= 15 is 0 Å². The van der Waals surface area contributed by atoms with Gasteiger partial charge in [0.05, 0.1) is 18.3 Å². The molecule has 1 saturated heterocycles. The number of rotatable bonds is 3. The molecule has 140 valence electrons. The van der Waals surface area contributed by atoms with Gasteiger partial charge in [-0.2, -0.15) is 13.2 Å². The second-order valence-electron chi connectivity index (χ2n) is 5.57. The van der Waals surface area contributed by atoms with E-state index in [1.165, 1.54) is 0 Å². The number of hydrogen-bond donors (Lipinski definition) is 2. The van der Waals surface area contributed by atoms with Crippen LogP contribution in [-0.2, 0) is 10.9 Å². The summed E-state index contributed by atoms with van der Waals surface area (Å²) >= 11 is 0. The number of aromatic nitrogens is 1. The second-order valence-corrected chi connectivity index (χ2v) is 5.57. The van der Waals surface area contributed by atoms with Crippen molar-refractivity contribution >= 4 is 24.0 Å². The minimum absolute atomic E-state index is 0. The zero-order valence-electron chi connectivity index (χ0n) is 13.5. The van der Waals surface area contributed by atoms with Crippen molar-refractivity contribution in [3.05, 3.63) is 59.4 Å². The second kappa shape index (κ2) is 8.48. The summed E-state index contributed by atoms with van der Waals surface area (Å²) in [4.78, 5) is 15.4. The Bertz CT molecular complexity index is 730. The van der Waals surface area contributed by atoms with Gasteiger partial charge in [0.25, 0.3) is 5.91 Å². The third-order valence-electron chi connectivity index (χ3n) is 3.78. The maximum atomic E-state index is 12.5. The molecule has 1 aliphatic heterocycles. The summed E-state index contributed by atoms with van der Waals surface area (Å²) in [6.07, 6.45) is -3.65. The van der Waals surface area contributed by atoms with Crippen molar-refractivity contribution < 1.29 is 22.7 Å². The first-order chi connectivity index (χ1) is 11.9. The van der Waals surface area contributed by atoms with E-state index in [1.54, 1.807) is 12.1 Å². The lowest BCUT2D eigenvalue weighted by molar-refractivity contribution is -0.141. The van der Waals surface area contributed by atoms with Crippen molar-refractivity contribution in [1.29, 1.82) is 0 Å². The Morgan fingerprint density at radius 3 is 2.46 bits per heavy atom. The Morgan fingerprint density at radius 1 is 1.19 bits per heavy atom. The molecule has 5 nitrogen and oxygen atoms in total. The number of hydrogen-bond acceptors (Lipinski definition) is 4. The lowest BCUT2D eigenvalue weighted by atomic mass is 10.1. The maximum Gasteiger partial charge on any atom is 0.433 e. The minimum atomic E-state index is -4.53. The van der Waals surface area contributed by atoms with Crippen LogP contribution in [0.5, 0.6) is 0 Å². The summed E-state index contributed by atoms with van der Waals surface area (Å²) in [7, 11) is 0. The third-order valence-corrected chi connectivity index (χ3v) is 3.78. The molecule has 3 rings (SSSR count). The van der Waals surface area contributed by atoms with E-state index in [-0.39, 0.29) is 24.1 Å². The van der Waals surface area contributed by atoms with Gasteiger partial charge in [0, 0.05) is 25.0 Å². The molecular formula is C17H17ClF3N3O2. The molecule has 2 N–H and O–H groups in total. The van der Waals surface area contributed by atoms with Crippen molar-refractivity contribution in [3.8, 4) is 0 Å². The Kier molecular flexibility index (Phi) is 6.57. The van der Waals surface area contributed by atoms with Crippen molar-refractivity contribution in [2.24, 2.45) is 0 Å². The summed E-state index contributed by atoms with van der Waals surface area (Å²) in [6, 6.07) is 9.02. The highest BCUT2D eigenvalue weighted by Gasteiger charge is 2.32.